The van der Waals surface area contributed by atoms with Gasteiger partial charge in [-0.05, 0) is 11.4 Å². The number of thiophene rings is 1. The van der Waals surface area contributed by atoms with E-state index in [1.54, 1.807) is 17.5 Å². The van der Waals surface area contributed by atoms with Crippen molar-refractivity contribution in [2.24, 2.45) is 0 Å². The zero-order chi connectivity index (χ0) is 13.5. The van der Waals surface area contributed by atoms with Crippen LogP contribution in [0.3, 0.4) is 0 Å². The van der Waals surface area contributed by atoms with E-state index in [1.807, 2.05) is 0 Å². The standard InChI is InChI=1S/C11H14N2O4S/c1-13(5-4-10(15)16)9(14)7-12-11(17)8-3-2-6-18-8/h2-3,6H,4-5,7H2,1H3,(H,12,17)(H,15,16). The first-order valence-corrected chi connectivity index (χ1v) is 6.16. The van der Waals surface area contributed by atoms with E-state index in [9.17, 15) is 14.4 Å². The van der Waals surface area contributed by atoms with Crippen molar-refractivity contribution in [1.29, 1.82) is 0 Å². The summed E-state index contributed by atoms with van der Waals surface area (Å²) < 4.78 is 0. The quantitative estimate of drug-likeness (QED) is 0.784. The number of carboxylic acid groups (broad SMARTS) is 1. The van der Waals surface area contributed by atoms with Crippen molar-refractivity contribution in [2.75, 3.05) is 20.1 Å². The maximum Gasteiger partial charge on any atom is 0.305 e. The third-order valence-electron chi connectivity index (χ3n) is 2.23. The van der Waals surface area contributed by atoms with Gasteiger partial charge in [0.25, 0.3) is 5.91 Å². The summed E-state index contributed by atoms with van der Waals surface area (Å²) in [6.45, 7) is -0.00408. The fourth-order valence-corrected chi connectivity index (χ4v) is 1.81. The number of rotatable bonds is 6. The summed E-state index contributed by atoms with van der Waals surface area (Å²) in [6, 6.07) is 3.42. The molecule has 1 heterocycles. The lowest BCUT2D eigenvalue weighted by atomic mass is 10.4. The van der Waals surface area contributed by atoms with Gasteiger partial charge in [-0.3, -0.25) is 14.4 Å². The van der Waals surface area contributed by atoms with Gasteiger partial charge in [0.05, 0.1) is 17.8 Å². The number of likely N-dealkylation sites (N-methyl/N-ethyl adjacent to an activating group) is 1. The fraction of sp³-hybridized carbons (Fsp3) is 0.364. The zero-order valence-electron chi connectivity index (χ0n) is 9.88. The molecule has 98 valence electrons. The van der Waals surface area contributed by atoms with Gasteiger partial charge in [-0.15, -0.1) is 11.3 Å². The number of hydrogen-bond acceptors (Lipinski definition) is 4. The van der Waals surface area contributed by atoms with Gasteiger partial charge in [0.1, 0.15) is 0 Å². The van der Waals surface area contributed by atoms with E-state index in [-0.39, 0.29) is 31.3 Å². The Morgan fingerprint density at radius 3 is 2.72 bits per heavy atom. The molecule has 1 aromatic rings. The van der Waals surface area contributed by atoms with Gasteiger partial charge >= 0.3 is 5.97 Å². The predicted octanol–water partition coefficient (Wildman–Crippen LogP) is 0.411. The molecule has 0 aliphatic carbocycles. The predicted molar refractivity (Wildman–Crippen MR) is 66.5 cm³/mol. The number of carboxylic acids is 1. The largest absolute Gasteiger partial charge is 0.481 e. The normalized spacial score (nSPS) is 9.83. The molecule has 0 bridgehead atoms. The monoisotopic (exact) mass is 270 g/mol. The van der Waals surface area contributed by atoms with Crippen LogP contribution in [-0.2, 0) is 9.59 Å². The molecule has 6 nitrogen and oxygen atoms in total. The summed E-state index contributed by atoms with van der Waals surface area (Å²) in [7, 11) is 1.50. The lowest BCUT2D eigenvalue weighted by Gasteiger charge is -2.16. The summed E-state index contributed by atoms with van der Waals surface area (Å²) >= 11 is 1.29. The lowest BCUT2D eigenvalue weighted by molar-refractivity contribution is -0.138. The number of carbonyl (C=O) groups excluding carboxylic acids is 2. The van der Waals surface area contributed by atoms with E-state index in [0.717, 1.165) is 0 Å². The Morgan fingerprint density at radius 1 is 1.44 bits per heavy atom. The van der Waals surface area contributed by atoms with Gasteiger partial charge in [0.2, 0.25) is 5.91 Å². The number of nitrogens with one attached hydrogen (secondary N) is 1. The first-order valence-electron chi connectivity index (χ1n) is 5.28. The molecule has 2 N–H and O–H groups in total. The molecule has 1 rings (SSSR count). The second-order valence-electron chi connectivity index (χ2n) is 3.62. The minimum Gasteiger partial charge on any atom is -0.481 e. The van der Waals surface area contributed by atoms with Crippen molar-refractivity contribution in [1.82, 2.24) is 10.2 Å². The molecule has 0 saturated heterocycles. The fourth-order valence-electron chi connectivity index (χ4n) is 1.17. The summed E-state index contributed by atoms with van der Waals surface area (Å²) in [5, 5.41) is 12.7. The van der Waals surface area contributed by atoms with Crippen LogP contribution in [0, 0.1) is 0 Å². The van der Waals surface area contributed by atoms with Crippen LogP contribution >= 0.6 is 11.3 Å². The van der Waals surface area contributed by atoms with E-state index in [1.165, 1.54) is 23.3 Å². The lowest BCUT2D eigenvalue weighted by Crippen LogP contribution is -2.38. The van der Waals surface area contributed by atoms with Crippen LogP contribution in [0.1, 0.15) is 16.1 Å². The van der Waals surface area contributed by atoms with Crippen molar-refractivity contribution in [3.8, 4) is 0 Å². The molecular weight excluding hydrogens is 256 g/mol. The van der Waals surface area contributed by atoms with E-state index >= 15 is 0 Å². The Bertz CT molecular complexity index is 430. The Labute approximate surface area is 108 Å². The van der Waals surface area contributed by atoms with Crippen LogP contribution in [0.5, 0.6) is 0 Å². The molecule has 0 aliphatic heterocycles. The van der Waals surface area contributed by atoms with Gasteiger partial charge in [-0.1, -0.05) is 6.07 Å². The van der Waals surface area contributed by atoms with Crippen LogP contribution in [0.2, 0.25) is 0 Å². The van der Waals surface area contributed by atoms with Gasteiger partial charge in [-0.2, -0.15) is 0 Å². The molecule has 0 fully saturated rings. The molecule has 0 aliphatic rings. The molecule has 0 aromatic carbocycles. The highest BCUT2D eigenvalue weighted by Gasteiger charge is 2.12. The number of nitrogens with zero attached hydrogens (tertiary/aromatic N) is 1. The van der Waals surface area contributed by atoms with Crippen LogP contribution in [0.25, 0.3) is 0 Å². The van der Waals surface area contributed by atoms with Crippen LogP contribution in [0.4, 0.5) is 0 Å². The van der Waals surface area contributed by atoms with E-state index in [0.29, 0.717) is 4.88 Å². The minimum absolute atomic E-state index is 0.110. The van der Waals surface area contributed by atoms with Crippen molar-refractivity contribution >= 4 is 29.1 Å². The number of aliphatic carboxylic acids is 1. The smallest absolute Gasteiger partial charge is 0.305 e. The van der Waals surface area contributed by atoms with Crippen molar-refractivity contribution < 1.29 is 19.5 Å². The third-order valence-corrected chi connectivity index (χ3v) is 3.10. The maximum absolute atomic E-state index is 11.6. The molecule has 0 saturated carbocycles. The zero-order valence-corrected chi connectivity index (χ0v) is 10.7. The highest BCUT2D eigenvalue weighted by Crippen LogP contribution is 2.07. The van der Waals surface area contributed by atoms with Crippen molar-refractivity contribution in [3.05, 3.63) is 22.4 Å². The molecule has 0 radical (unpaired) electrons. The van der Waals surface area contributed by atoms with E-state index in [4.69, 9.17) is 5.11 Å². The molecule has 7 heteroatoms. The Hall–Kier alpha value is -1.89. The molecular formula is C11H14N2O4S. The summed E-state index contributed by atoms with van der Waals surface area (Å²) in [6.07, 6.45) is -0.110. The Kier molecular flexibility index (Phi) is 5.31. The topological polar surface area (TPSA) is 86.7 Å². The number of hydrogen-bond donors (Lipinski definition) is 2. The average molecular weight is 270 g/mol. The average Bonchev–Trinajstić information content (AvgIpc) is 2.86. The second-order valence-corrected chi connectivity index (χ2v) is 4.57. The minimum atomic E-state index is -0.961. The summed E-state index contributed by atoms with van der Waals surface area (Å²) in [5.74, 6) is -1.58. The van der Waals surface area contributed by atoms with E-state index < -0.39 is 5.97 Å². The maximum atomic E-state index is 11.6. The Balaban J connectivity index is 2.32. The highest BCUT2D eigenvalue weighted by atomic mass is 32.1. The molecule has 0 unspecified atom stereocenters. The van der Waals surface area contributed by atoms with Gasteiger partial charge in [0, 0.05) is 13.6 Å². The highest BCUT2D eigenvalue weighted by molar-refractivity contribution is 7.12. The van der Waals surface area contributed by atoms with Crippen molar-refractivity contribution in [3.63, 3.8) is 0 Å². The van der Waals surface area contributed by atoms with Gasteiger partial charge < -0.3 is 15.3 Å². The molecule has 2 amide bonds. The van der Waals surface area contributed by atoms with Crippen LogP contribution in [-0.4, -0.2) is 47.9 Å². The summed E-state index contributed by atoms with van der Waals surface area (Å²) in [4.78, 5) is 35.2. The third kappa shape index (κ3) is 4.54. The summed E-state index contributed by atoms with van der Waals surface area (Å²) in [5.41, 5.74) is 0. The molecule has 0 atom stereocenters. The van der Waals surface area contributed by atoms with Crippen molar-refractivity contribution in [2.45, 2.75) is 6.42 Å². The first-order chi connectivity index (χ1) is 8.50. The molecule has 0 spiro atoms. The van der Waals surface area contributed by atoms with Crippen LogP contribution in [0.15, 0.2) is 17.5 Å². The Morgan fingerprint density at radius 2 is 2.17 bits per heavy atom. The van der Waals surface area contributed by atoms with Gasteiger partial charge in [0.15, 0.2) is 0 Å². The number of amides is 2. The number of carbonyl (C=O) groups is 3. The van der Waals surface area contributed by atoms with Gasteiger partial charge in [-0.25, -0.2) is 0 Å². The second kappa shape index (κ2) is 6.75. The van der Waals surface area contributed by atoms with Crippen LogP contribution < -0.4 is 5.32 Å². The first kappa shape index (κ1) is 14.2. The SMILES string of the molecule is CN(CCC(=O)O)C(=O)CNC(=O)c1cccs1. The molecule has 1 aromatic heterocycles. The van der Waals surface area contributed by atoms with E-state index in [2.05, 4.69) is 5.32 Å². The molecule has 18 heavy (non-hydrogen) atoms.